The summed E-state index contributed by atoms with van der Waals surface area (Å²) in [6, 6.07) is 4.42. The second-order valence-electron chi connectivity index (χ2n) is 5.46. The first-order valence-corrected chi connectivity index (χ1v) is 7.84. The van der Waals surface area contributed by atoms with Crippen LogP contribution in [0.25, 0.3) is 5.69 Å². The number of halogens is 2. The first-order valence-electron chi connectivity index (χ1n) is 7.05. The Bertz CT molecular complexity index is 804. The number of carboxylic acid groups (broad SMARTS) is 1. The Morgan fingerprint density at radius 1 is 1.52 bits per heavy atom. The molecule has 122 valence electrons. The number of amides is 1. The molecule has 0 bridgehead atoms. The fourth-order valence-corrected chi connectivity index (χ4v) is 3.14. The smallest absolute Gasteiger partial charge is 0.407 e. The predicted octanol–water partition coefficient (Wildman–Crippen LogP) is 2.00. The standard InChI is InChI=1S/C14H14BrFN4O3/c15-9-1-2-11(10(16)6-9)20-12(17-18-13(20)21)5-8-3-4-19(7-8)14(22)23/h1-2,6,8H,3-5,7H2,(H,18,21)(H,22,23)/t8-/m0/s1. The van der Waals surface area contributed by atoms with E-state index in [4.69, 9.17) is 5.11 Å². The third-order valence-corrected chi connectivity index (χ3v) is 4.41. The molecule has 1 aromatic carbocycles. The third-order valence-electron chi connectivity index (χ3n) is 3.92. The van der Waals surface area contributed by atoms with E-state index in [1.807, 2.05) is 0 Å². The molecular weight excluding hydrogens is 371 g/mol. The van der Waals surface area contributed by atoms with Crippen LogP contribution in [0.2, 0.25) is 0 Å². The van der Waals surface area contributed by atoms with Gasteiger partial charge < -0.3 is 10.0 Å². The Kier molecular flexibility index (Phi) is 4.20. The highest BCUT2D eigenvalue weighted by Crippen LogP contribution is 2.22. The monoisotopic (exact) mass is 384 g/mol. The number of benzene rings is 1. The first-order chi connectivity index (χ1) is 11.0. The summed E-state index contributed by atoms with van der Waals surface area (Å²) in [7, 11) is 0. The van der Waals surface area contributed by atoms with Gasteiger partial charge in [0.15, 0.2) is 0 Å². The van der Waals surface area contributed by atoms with E-state index in [1.54, 1.807) is 6.07 Å². The zero-order valence-electron chi connectivity index (χ0n) is 12.0. The van der Waals surface area contributed by atoms with Crippen molar-refractivity contribution in [2.45, 2.75) is 12.8 Å². The molecular formula is C14H14BrFN4O3. The summed E-state index contributed by atoms with van der Waals surface area (Å²) in [6.07, 6.45) is 0.139. The molecule has 0 saturated carbocycles. The van der Waals surface area contributed by atoms with E-state index in [2.05, 4.69) is 26.1 Å². The molecule has 1 aliphatic rings. The van der Waals surface area contributed by atoms with Crippen molar-refractivity contribution in [3.05, 3.63) is 44.8 Å². The molecule has 0 unspecified atom stereocenters. The number of nitrogens with one attached hydrogen (secondary N) is 1. The molecule has 0 radical (unpaired) electrons. The van der Waals surface area contributed by atoms with E-state index in [0.29, 0.717) is 36.2 Å². The van der Waals surface area contributed by atoms with Crippen LogP contribution in [0.1, 0.15) is 12.2 Å². The molecule has 7 nitrogen and oxygen atoms in total. The molecule has 0 spiro atoms. The minimum Gasteiger partial charge on any atom is -0.465 e. The second kappa shape index (κ2) is 6.15. The Morgan fingerprint density at radius 2 is 2.30 bits per heavy atom. The summed E-state index contributed by atoms with van der Waals surface area (Å²) in [6.45, 7) is 0.848. The van der Waals surface area contributed by atoms with Crippen molar-refractivity contribution >= 4 is 22.0 Å². The number of likely N-dealkylation sites (tertiary alicyclic amines) is 1. The van der Waals surface area contributed by atoms with Crippen LogP contribution in [-0.4, -0.2) is 44.0 Å². The lowest BCUT2D eigenvalue weighted by Gasteiger charge is -2.12. The van der Waals surface area contributed by atoms with Crippen LogP contribution >= 0.6 is 15.9 Å². The fourth-order valence-electron chi connectivity index (χ4n) is 2.81. The molecule has 1 atom stereocenters. The van der Waals surface area contributed by atoms with E-state index < -0.39 is 17.6 Å². The molecule has 1 amide bonds. The van der Waals surface area contributed by atoms with E-state index in [-0.39, 0.29) is 11.6 Å². The van der Waals surface area contributed by atoms with Gasteiger partial charge >= 0.3 is 11.8 Å². The lowest BCUT2D eigenvalue weighted by molar-refractivity contribution is 0.154. The Labute approximate surface area is 138 Å². The molecule has 2 aromatic rings. The average Bonchev–Trinajstić information content (AvgIpc) is 3.08. The van der Waals surface area contributed by atoms with Gasteiger partial charge in [0, 0.05) is 24.0 Å². The molecule has 1 fully saturated rings. The molecule has 0 aliphatic carbocycles. The quantitative estimate of drug-likeness (QED) is 0.846. The van der Waals surface area contributed by atoms with Gasteiger partial charge in [-0.25, -0.2) is 23.6 Å². The fraction of sp³-hybridized carbons (Fsp3) is 0.357. The van der Waals surface area contributed by atoms with Crippen molar-refractivity contribution in [3.8, 4) is 5.69 Å². The highest BCUT2D eigenvalue weighted by Gasteiger charge is 2.28. The third kappa shape index (κ3) is 3.14. The number of aromatic amines is 1. The van der Waals surface area contributed by atoms with Gasteiger partial charge in [-0.3, -0.25) is 0 Å². The highest BCUT2D eigenvalue weighted by atomic mass is 79.9. The van der Waals surface area contributed by atoms with Crippen molar-refractivity contribution < 1.29 is 14.3 Å². The maximum atomic E-state index is 14.1. The Hall–Kier alpha value is -2.16. The number of aromatic nitrogens is 3. The van der Waals surface area contributed by atoms with Crippen LogP contribution in [0.4, 0.5) is 9.18 Å². The van der Waals surface area contributed by atoms with Crippen molar-refractivity contribution in [2.75, 3.05) is 13.1 Å². The van der Waals surface area contributed by atoms with Gasteiger partial charge in [0.25, 0.3) is 0 Å². The van der Waals surface area contributed by atoms with Crippen molar-refractivity contribution in [3.63, 3.8) is 0 Å². The molecule has 3 rings (SSSR count). The van der Waals surface area contributed by atoms with Crippen LogP contribution in [0.3, 0.4) is 0 Å². The number of carbonyl (C=O) groups is 1. The predicted molar refractivity (Wildman–Crippen MR) is 83.3 cm³/mol. The van der Waals surface area contributed by atoms with Gasteiger partial charge in [-0.1, -0.05) is 15.9 Å². The molecule has 2 heterocycles. The van der Waals surface area contributed by atoms with E-state index in [1.165, 1.54) is 21.6 Å². The van der Waals surface area contributed by atoms with Crippen LogP contribution in [-0.2, 0) is 6.42 Å². The number of H-pyrrole nitrogens is 1. The van der Waals surface area contributed by atoms with Crippen LogP contribution in [0.15, 0.2) is 27.5 Å². The van der Waals surface area contributed by atoms with Crippen molar-refractivity contribution in [1.82, 2.24) is 19.7 Å². The van der Waals surface area contributed by atoms with Crippen LogP contribution < -0.4 is 5.69 Å². The van der Waals surface area contributed by atoms with E-state index in [9.17, 15) is 14.0 Å². The zero-order chi connectivity index (χ0) is 16.6. The minimum absolute atomic E-state index is 0.0542. The highest BCUT2D eigenvalue weighted by molar-refractivity contribution is 9.10. The van der Waals surface area contributed by atoms with Crippen molar-refractivity contribution in [2.24, 2.45) is 5.92 Å². The summed E-state index contributed by atoms with van der Waals surface area (Å²) >= 11 is 3.18. The van der Waals surface area contributed by atoms with Gasteiger partial charge in [0.2, 0.25) is 0 Å². The minimum atomic E-state index is -0.953. The molecule has 2 N–H and O–H groups in total. The summed E-state index contributed by atoms with van der Waals surface area (Å²) in [5.41, 5.74) is -0.399. The average molecular weight is 385 g/mol. The van der Waals surface area contributed by atoms with Crippen LogP contribution in [0, 0.1) is 11.7 Å². The topological polar surface area (TPSA) is 91.2 Å². The maximum Gasteiger partial charge on any atom is 0.407 e. The molecule has 1 aromatic heterocycles. The van der Waals surface area contributed by atoms with Gasteiger partial charge in [0.1, 0.15) is 11.6 Å². The van der Waals surface area contributed by atoms with Gasteiger partial charge in [-0.05, 0) is 30.5 Å². The first kappa shape index (κ1) is 15.7. The molecule has 1 aliphatic heterocycles. The van der Waals surface area contributed by atoms with E-state index in [0.717, 1.165) is 0 Å². The second-order valence-corrected chi connectivity index (χ2v) is 6.38. The van der Waals surface area contributed by atoms with Crippen LogP contribution in [0.5, 0.6) is 0 Å². The van der Waals surface area contributed by atoms with Crippen molar-refractivity contribution in [1.29, 1.82) is 0 Å². The SMILES string of the molecule is O=C(O)N1CC[C@@H](Cc2n[nH]c(=O)n2-c2ccc(Br)cc2F)C1. The summed E-state index contributed by atoms with van der Waals surface area (Å²) < 4.78 is 15.9. The Morgan fingerprint density at radius 3 is 2.96 bits per heavy atom. The number of hydrogen-bond acceptors (Lipinski definition) is 3. The lowest BCUT2D eigenvalue weighted by atomic mass is 10.0. The molecule has 23 heavy (non-hydrogen) atoms. The van der Waals surface area contributed by atoms with Gasteiger partial charge in [0.05, 0.1) is 5.69 Å². The molecule has 9 heteroatoms. The van der Waals surface area contributed by atoms with Gasteiger partial charge in [-0.15, -0.1) is 0 Å². The number of nitrogens with zero attached hydrogens (tertiary/aromatic N) is 3. The zero-order valence-corrected chi connectivity index (χ0v) is 13.6. The largest absolute Gasteiger partial charge is 0.465 e. The lowest BCUT2D eigenvalue weighted by Crippen LogP contribution is -2.27. The normalized spacial score (nSPS) is 17.7. The summed E-state index contributed by atoms with van der Waals surface area (Å²) in [5.74, 6) is -0.0882. The summed E-state index contributed by atoms with van der Waals surface area (Å²) in [5, 5.41) is 15.3. The summed E-state index contributed by atoms with van der Waals surface area (Å²) in [4.78, 5) is 24.3. The maximum absolute atomic E-state index is 14.1. The number of hydrogen-bond donors (Lipinski definition) is 2. The van der Waals surface area contributed by atoms with Gasteiger partial charge in [-0.2, -0.15) is 5.10 Å². The number of rotatable bonds is 3. The van der Waals surface area contributed by atoms with E-state index >= 15 is 0 Å². The molecule has 1 saturated heterocycles. The Balaban J connectivity index is 1.88.